The molecule has 0 aliphatic rings. The Hall–Kier alpha value is -9.49. The average molecular weight is 2080 g/mol. The number of nitrogens with zero attached hydrogens (tertiary/aromatic N) is 7. The normalized spacial score (nSPS) is 10.4. The maximum absolute atomic E-state index is 12.3. The van der Waals surface area contributed by atoms with Gasteiger partial charge in [-0.15, -0.1) is 0 Å². The van der Waals surface area contributed by atoms with Crippen LogP contribution in [0.2, 0.25) is 0 Å². The second-order valence-electron chi connectivity index (χ2n) is 28.4. The molecule has 705 valence electrons. The van der Waals surface area contributed by atoms with Crippen LogP contribution in [0, 0.1) is 48.5 Å². The number of hydrogen-bond acceptors (Lipinski definition) is 28. The molecule has 0 bridgehead atoms. The van der Waals surface area contributed by atoms with Gasteiger partial charge in [-0.2, -0.15) is 0 Å². The van der Waals surface area contributed by atoms with E-state index in [-0.39, 0.29) is 37.9 Å². The Morgan fingerprint density at radius 3 is 1.08 bits per heavy atom. The molecule has 0 saturated heterocycles. The first-order chi connectivity index (χ1) is 62.5. The zero-order valence-corrected chi connectivity index (χ0v) is 84.1. The molecule has 3 heterocycles. The molecule has 8 aromatic carbocycles. The molecule has 3 N–H and O–H groups in total. The zero-order chi connectivity index (χ0) is 95.8. The minimum atomic E-state index is -1.51. The number of carbonyl (C=O) groups excluding carboxylic acids is 4. The number of aliphatic hydroxyl groups excluding tert-OH is 1. The number of aliphatic hydroxyl groups is 1. The van der Waals surface area contributed by atoms with Gasteiger partial charge in [-0.05, 0) is 241 Å². The molecule has 0 fully saturated rings. The van der Waals surface area contributed by atoms with Crippen LogP contribution in [-0.4, -0.2) is 157 Å². The van der Waals surface area contributed by atoms with Crippen LogP contribution in [0.15, 0.2) is 195 Å². The molecule has 0 unspecified atom stereocenters. The van der Waals surface area contributed by atoms with Gasteiger partial charge in [0.2, 0.25) is 0 Å². The quantitative estimate of drug-likeness (QED) is 0.00702. The van der Waals surface area contributed by atoms with Gasteiger partial charge < -0.3 is 90.8 Å². The van der Waals surface area contributed by atoms with Crippen molar-refractivity contribution in [2.45, 2.75) is 156 Å². The van der Waals surface area contributed by atoms with Gasteiger partial charge in [-0.1, -0.05) is 184 Å². The summed E-state index contributed by atoms with van der Waals surface area (Å²) in [5.41, 5.74) is 18.9. The van der Waals surface area contributed by atoms with Gasteiger partial charge >= 0.3 is 55.7 Å². The predicted octanol–water partition coefficient (Wildman–Crippen LogP) is 20.9. The summed E-state index contributed by atoms with van der Waals surface area (Å²) < 4.78 is 74.3. The Labute approximate surface area is 811 Å². The van der Waals surface area contributed by atoms with Crippen LogP contribution in [0.5, 0.6) is 0 Å². The number of methoxy groups -OCH3 is 3. The Morgan fingerprint density at radius 1 is 0.420 bits per heavy atom. The van der Waals surface area contributed by atoms with Gasteiger partial charge in [0, 0.05) is 96.2 Å². The Morgan fingerprint density at radius 2 is 0.733 bits per heavy atom. The molecule has 34 heteroatoms. The third kappa shape index (κ3) is 36.1. The fourth-order valence-electron chi connectivity index (χ4n) is 12.6. The van der Waals surface area contributed by atoms with Gasteiger partial charge in [-0.25, -0.2) is 19.2 Å². The molecule has 0 spiro atoms. The van der Waals surface area contributed by atoms with Crippen LogP contribution in [0.1, 0.15) is 181 Å². The Kier molecular flexibility index (Phi) is 53.9. The van der Waals surface area contributed by atoms with E-state index < -0.39 is 7.12 Å². The van der Waals surface area contributed by atoms with Gasteiger partial charge in [0.25, 0.3) is 0 Å². The van der Waals surface area contributed by atoms with Gasteiger partial charge in [-0.3, -0.25) is 0 Å². The first-order valence-electron chi connectivity index (χ1n) is 41.9. The number of aromatic nitrogens is 3. The van der Waals surface area contributed by atoms with Gasteiger partial charge in [0.1, 0.15) is 37.5 Å². The number of anilines is 3. The number of alkyl halides is 1. The molecule has 11 rings (SSSR count). The second-order valence-corrected chi connectivity index (χ2v) is 31.8. The van der Waals surface area contributed by atoms with Crippen molar-refractivity contribution in [3.8, 4) is 22.3 Å². The number of esters is 4. The van der Waals surface area contributed by atoms with Crippen LogP contribution in [0.4, 0.5) is 17.5 Å². The van der Waals surface area contributed by atoms with Crippen LogP contribution < -0.4 is 20.2 Å². The molecule has 27 nitrogen and oxygen atoms in total. The molecule has 0 saturated carbocycles. The number of thiol groups is 1. The van der Waals surface area contributed by atoms with Crippen molar-refractivity contribution in [3.05, 3.63) is 284 Å². The predicted molar refractivity (Wildman–Crippen MR) is 532 cm³/mol. The van der Waals surface area contributed by atoms with Crippen molar-refractivity contribution in [1.29, 1.82) is 0 Å². The summed E-state index contributed by atoms with van der Waals surface area (Å²) in [6.45, 7) is 34.1. The third-order valence-corrected chi connectivity index (χ3v) is 22.5. The number of rotatable bonds is 37. The second kappa shape index (κ2) is 62.1. The van der Waals surface area contributed by atoms with Gasteiger partial charge in [0.15, 0.2) is 17.5 Å². The summed E-state index contributed by atoms with van der Waals surface area (Å²) >= 11 is 16.7. The van der Waals surface area contributed by atoms with Crippen LogP contribution in [0.3, 0.4) is 0 Å². The number of carbonyl (C=O) groups is 4. The van der Waals surface area contributed by atoms with Crippen molar-refractivity contribution < 1.29 is 95.3 Å². The number of ether oxygens (including phenoxy) is 10. The van der Waals surface area contributed by atoms with Crippen LogP contribution in [-0.2, 0) is 98.8 Å². The minimum absolute atomic E-state index is 0. The summed E-state index contributed by atoms with van der Waals surface area (Å²) in [4.78, 5) is 52.4. The summed E-state index contributed by atoms with van der Waals surface area (Å²) in [7, 11) is 7.76. The molecule has 0 aliphatic carbocycles. The fraction of sp³-hybridized carbons (Fsp3) is 0.371. The molecule has 1 radical (unpaired) electrons. The van der Waals surface area contributed by atoms with E-state index in [9.17, 15) is 34.3 Å². The zero-order valence-electron chi connectivity index (χ0n) is 76.8. The summed E-state index contributed by atoms with van der Waals surface area (Å²) in [5, 5.41) is 41.7. The van der Waals surface area contributed by atoms with Crippen molar-refractivity contribution >= 4 is 138 Å². The number of halogens is 4. The van der Waals surface area contributed by atoms with Crippen molar-refractivity contribution in [1.82, 2.24) is 15.5 Å². The molecule has 11 aromatic rings. The maximum atomic E-state index is 12.3. The third-order valence-electron chi connectivity index (χ3n) is 19.5. The number of aryl methyl sites for hydroxylation is 4. The topological polar surface area (TPSA) is 321 Å². The molecule has 131 heavy (non-hydrogen) atoms. The van der Waals surface area contributed by atoms with E-state index in [4.69, 9.17) is 60.9 Å². The van der Waals surface area contributed by atoms with E-state index in [0.29, 0.717) is 145 Å². The summed E-state index contributed by atoms with van der Waals surface area (Å²) in [6.07, 6.45) is 0. The van der Waals surface area contributed by atoms with E-state index in [1.54, 1.807) is 91.5 Å². The standard InChI is InChI=1S/C26H32N2O5.C24H30N2O4.C14H19BN2O4.C12H15BrO3.C10H10Br2O2.C10H11BrO2.CH4.BHNS/c1-6-31-16-22-14-20(26(29)32-7-2)12-13-24(22)23-11-9-8-10-21(23)15-28(17-30-5)25-18(3)19(4)33-27-25;1-5-29-15-21-12-19(14-27)10-11-23(21)22-9-7-6-8-20(22)13-26(16-28-4)24-17(2)18(3)30-25-24;1-10-11(2)21-16-14(10)17(9-20-3)8-12-6-4-5-7-13(12)15(18)19;1-3-15-8-10-7-9(5-6-11(10)13)12(14)16-4-2;1-2-14-10(13)7-3-4-9(12)8(5-7)6-11;1-3-13-10(12)8-4-5-9(11)7(2)6-8;;1-2-3/h8-14H,6-7,15-17H2,1-5H3;6-12,27H,5,13-16H2,1-4H3;4-7,18-19H,8-9H2,1-3H3;5-7H,3-4,8H2,1-2H3;3-5H,2,6H2,1H3;4-6H,3H2,1-2H3;1H4;3H. The SMILES string of the molecule is C.CCOC(=O)c1ccc(Br)c(C)c1.CCOC(=O)c1ccc(Br)c(CBr)c1.CCOCc1cc(C(=O)OCC)ccc1-c1ccccc1CN(COC)c1noc(C)c1C.CCOCc1cc(C(=O)OCC)ccc1Br.CCOCc1cc(CO)ccc1-c1ccccc1CN(COC)c1noc(C)c1C.COCN(Cc1ccccc1B(O)O)c1noc(C)c1C.[B]=NS. The average Bonchev–Trinajstić information content (AvgIpc) is 1.30. The first kappa shape index (κ1) is 114. The molecule has 0 atom stereocenters. The van der Waals surface area contributed by atoms with Crippen LogP contribution >= 0.6 is 76.5 Å². The van der Waals surface area contributed by atoms with Gasteiger partial charge in [0.05, 0.1) is 75.1 Å². The molecular weight excluding hydrogens is 1960 g/mol. The molecular formula is C97H122B2Br4N7O20S. The van der Waals surface area contributed by atoms with Crippen molar-refractivity contribution in [3.63, 3.8) is 0 Å². The van der Waals surface area contributed by atoms with Crippen molar-refractivity contribution in [2.75, 3.05) is 102 Å². The van der Waals surface area contributed by atoms with E-state index >= 15 is 0 Å². The monoisotopic (exact) mass is 2070 g/mol. The van der Waals surface area contributed by atoms with E-state index in [2.05, 4.69) is 139 Å². The first-order valence-corrected chi connectivity index (χ1v) is 45.8. The van der Waals surface area contributed by atoms with Crippen LogP contribution in [0.25, 0.3) is 22.3 Å². The fourth-order valence-corrected chi connectivity index (χ4v) is 14.5. The number of hydrogen-bond donors (Lipinski definition) is 4. The summed E-state index contributed by atoms with van der Waals surface area (Å²) in [5.74, 6) is 3.40. The Bertz CT molecular complexity index is 5330. The number of benzene rings is 8. The molecule has 0 aliphatic heterocycles. The molecule has 3 aromatic heterocycles. The Balaban J connectivity index is 0.000000337. The van der Waals surface area contributed by atoms with E-state index in [0.717, 1.165) is 131 Å². The molecule has 0 amide bonds. The van der Waals surface area contributed by atoms with Crippen molar-refractivity contribution in [2.24, 2.45) is 4.30 Å². The van der Waals surface area contributed by atoms with E-state index in [1.807, 2.05) is 170 Å². The summed E-state index contributed by atoms with van der Waals surface area (Å²) in [6, 6.07) is 51.5. The van der Waals surface area contributed by atoms with E-state index in [1.165, 1.54) is 0 Å².